The lowest BCUT2D eigenvalue weighted by Gasteiger charge is -2.32. The second-order valence-electron chi connectivity index (χ2n) is 10.3. The molecule has 3 aliphatic heterocycles. The summed E-state index contributed by atoms with van der Waals surface area (Å²) in [6, 6.07) is 14.0. The van der Waals surface area contributed by atoms with Crippen molar-refractivity contribution in [2.75, 3.05) is 46.3 Å². The molecule has 2 atom stereocenters. The van der Waals surface area contributed by atoms with Crippen molar-refractivity contribution >= 4 is 5.91 Å². The van der Waals surface area contributed by atoms with E-state index < -0.39 is 6.10 Å². The van der Waals surface area contributed by atoms with Gasteiger partial charge in [-0.25, -0.2) is 0 Å². The van der Waals surface area contributed by atoms with Gasteiger partial charge in [0.05, 0.1) is 18.2 Å². The number of hydrogen-bond acceptors (Lipinski definition) is 6. The van der Waals surface area contributed by atoms with Crippen molar-refractivity contribution in [2.45, 2.75) is 51.0 Å². The Balaban J connectivity index is 1.21. The average Bonchev–Trinajstić information content (AvgIpc) is 2.95. The Labute approximate surface area is 208 Å². The van der Waals surface area contributed by atoms with Gasteiger partial charge < -0.3 is 24.4 Å². The van der Waals surface area contributed by atoms with E-state index in [1.54, 1.807) is 11.0 Å². The van der Waals surface area contributed by atoms with E-state index in [1.165, 1.54) is 11.1 Å². The summed E-state index contributed by atoms with van der Waals surface area (Å²) in [7, 11) is 2.13. The van der Waals surface area contributed by atoms with Crippen molar-refractivity contribution < 1.29 is 19.4 Å². The summed E-state index contributed by atoms with van der Waals surface area (Å²) in [5.74, 6) is 1.22. The molecule has 7 nitrogen and oxygen atoms in total. The van der Waals surface area contributed by atoms with Gasteiger partial charge in [-0.1, -0.05) is 24.3 Å². The summed E-state index contributed by atoms with van der Waals surface area (Å²) >= 11 is 0. The monoisotopic (exact) mass is 479 g/mol. The van der Waals surface area contributed by atoms with Crippen LogP contribution >= 0.6 is 0 Å². The molecule has 0 saturated carbocycles. The van der Waals surface area contributed by atoms with Gasteiger partial charge in [-0.2, -0.15) is 0 Å². The van der Waals surface area contributed by atoms with Crippen LogP contribution in [-0.2, 0) is 13.0 Å². The normalized spacial score (nSPS) is 22.7. The van der Waals surface area contributed by atoms with Crippen LogP contribution in [0.25, 0.3) is 0 Å². The van der Waals surface area contributed by atoms with E-state index in [-0.39, 0.29) is 24.7 Å². The molecule has 0 spiro atoms. The quantitative estimate of drug-likeness (QED) is 0.688. The fraction of sp³-hybridized carbons (Fsp3) is 0.536. The van der Waals surface area contributed by atoms with E-state index >= 15 is 0 Å². The van der Waals surface area contributed by atoms with Crippen LogP contribution in [0.2, 0.25) is 0 Å². The largest absolute Gasteiger partial charge is 0.490 e. The van der Waals surface area contributed by atoms with Crippen molar-refractivity contribution in [3.8, 4) is 11.5 Å². The van der Waals surface area contributed by atoms with Gasteiger partial charge in [0.25, 0.3) is 5.91 Å². The lowest BCUT2D eigenvalue weighted by Crippen LogP contribution is -2.45. The Morgan fingerprint density at radius 1 is 1.09 bits per heavy atom. The number of carbonyl (C=O) groups excluding carboxylic acids is 1. The highest BCUT2D eigenvalue weighted by molar-refractivity contribution is 5.97. The molecule has 0 radical (unpaired) electrons. The lowest BCUT2D eigenvalue weighted by atomic mass is 10.00. The van der Waals surface area contributed by atoms with Crippen LogP contribution in [0.1, 0.15) is 41.3 Å². The molecule has 0 bridgehead atoms. The number of rotatable bonds is 6. The molecule has 188 valence electrons. The van der Waals surface area contributed by atoms with Crippen LogP contribution in [0.5, 0.6) is 11.5 Å². The second-order valence-corrected chi connectivity index (χ2v) is 10.3. The molecular formula is C28H37N3O4. The van der Waals surface area contributed by atoms with E-state index in [0.717, 1.165) is 51.2 Å². The molecule has 1 N–H and O–H groups in total. The average molecular weight is 480 g/mol. The van der Waals surface area contributed by atoms with E-state index in [1.807, 2.05) is 19.1 Å². The Bertz CT molecular complexity index is 1040. The van der Waals surface area contributed by atoms with Crippen LogP contribution in [0, 0.1) is 0 Å². The minimum atomic E-state index is -0.620. The van der Waals surface area contributed by atoms with Crippen LogP contribution in [-0.4, -0.2) is 90.3 Å². The van der Waals surface area contributed by atoms with Crippen LogP contribution in [0.15, 0.2) is 42.5 Å². The van der Waals surface area contributed by atoms with Gasteiger partial charge in [-0.05, 0) is 56.5 Å². The molecule has 3 heterocycles. The topological polar surface area (TPSA) is 65.5 Å². The first-order valence-corrected chi connectivity index (χ1v) is 12.9. The van der Waals surface area contributed by atoms with Crippen LogP contribution in [0.4, 0.5) is 0 Å². The maximum atomic E-state index is 13.4. The number of fused-ring (bicyclic) bond motifs is 2. The summed E-state index contributed by atoms with van der Waals surface area (Å²) in [5.41, 5.74) is 3.25. The molecule has 2 aromatic rings. The minimum Gasteiger partial charge on any atom is -0.490 e. The van der Waals surface area contributed by atoms with Crippen molar-refractivity contribution in [3.63, 3.8) is 0 Å². The number of likely N-dealkylation sites (tertiary alicyclic amines) is 1. The highest BCUT2D eigenvalue weighted by Crippen LogP contribution is 2.31. The number of aliphatic hydroxyl groups is 1. The maximum Gasteiger partial charge on any atom is 0.257 e. The number of aliphatic hydroxyl groups excluding tert-OH is 1. The summed E-state index contributed by atoms with van der Waals surface area (Å²) in [6.07, 6.45) is 2.39. The Morgan fingerprint density at radius 3 is 2.66 bits per heavy atom. The third-order valence-electron chi connectivity index (χ3n) is 7.35. The molecule has 0 aliphatic carbocycles. The van der Waals surface area contributed by atoms with Gasteiger partial charge in [0, 0.05) is 45.3 Å². The molecule has 2 aromatic carbocycles. The van der Waals surface area contributed by atoms with Gasteiger partial charge >= 0.3 is 0 Å². The predicted molar refractivity (Wildman–Crippen MR) is 135 cm³/mol. The van der Waals surface area contributed by atoms with Crippen molar-refractivity contribution in [1.82, 2.24) is 14.7 Å². The highest BCUT2D eigenvalue weighted by Gasteiger charge is 2.30. The number of ether oxygens (including phenoxy) is 2. The van der Waals surface area contributed by atoms with Gasteiger partial charge in [0.2, 0.25) is 0 Å². The Morgan fingerprint density at radius 2 is 1.86 bits per heavy atom. The zero-order valence-corrected chi connectivity index (χ0v) is 20.9. The molecule has 3 aliphatic rings. The number of hydrogen-bond donors (Lipinski definition) is 1. The van der Waals surface area contributed by atoms with E-state index in [9.17, 15) is 9.90 Å². The molecule has 0 unspecified atom stereocenters. The first-order valence-electron chi connectivity index (χ1n) is 12.9. The zero-order valence-electron chi connectivity index (χ0n) is 20.9. The lowest BCUT2D eigenvalue weighted by molar-refractivity contribution is 0.0454. The molecule has 1 fully saturated rings. The molecular weight excluding hydrogens is 442 g/mol. The van der Waals surface area contributed by atoms with E-state index in [2.05, 4.69) is 41.1 Å². The van der Waals surface area contributed by atoms with E-state index in [0.29, 0.717) is 24.4 Å². The molecule has 1 amide bonds. The smallest absolute Gasteiger partial charge is 0.257 e. The predicted octanol–water partition coefficient (Wildman–Crippen LogP) is 2.80. The number of nitrogens with zero attached hydrogens (tertiary/aromatic N) is 3. The van der Waals surface area contributed by atoms with Gasteiger partial charge in [-0.15, -0.1) is 0 Å². The Hall–Kier alpha value is -2.61. The van der Waals surface area contributed by atoms with Gasteiger partial charge in [0.15, 0.2) is 0 Å². The summed E-state index contributed by atoms with van der Waals surface area (Å²) in [5, 5.41) is 10.9. The first-order chi connectivity index (χ1) is 16.9. The minimum absolute atomic E-state index is 0.0989. The number of amides is 1. The first kappa shape index (κ1) is 24.1. The van der Waals surface area contributed by atoms with Crippen LogP contribution < -0.4 is 9.47 Å². The van der Waals surface area contributed by atoms with E-state index in [4.69, 9.17) is 9.47 Å². The van der Waals surface area contributed by atoms with Crippen molar-refractivity contribution in [1.29, 1.82) is 0 Å². The SMILES string of the molecule is C[C@@H]1CN(C[C@H](O)CN2CCc3ccccc3C2)C(=O)c2ccc(OC3CCN(C)CC3)cc2O1. The number of carbonyl (C=O) groups is 1. The van der Waals surface area contributed by atoms with Crippen LogP contribution in [0.3, 0.4) is 0 Å². The molecule has 7 heteroatoms. The zero-order chi connectivity index (χ0) is 24.4. The third-order valence-corrected chi connectivity index (χ3v) is 7.35. The highest BCUT2D eigenvalue weighted by atomic mass is 16.5. The molecule has 5 rings (SSSR count). The van der Waals surface area contributed by atoms with Crippen molar-refractivity contribution in [3.05, 3.63) is 59.2 Å². The fourth-order valence-electron chi connectivity index (χ4n) is 5.44. The summed E-state index contributed by atoms with van der Waals surface area (Å²) in [4.78, 5) is 19.7. The summed E-state index contributed by atoms with van der Waals surface area (Å²) in [6.45, 7) is 7.06. The fourth-order valence-corrected chi connectivity index (χ4v) is 5.44. The van der Waals surface area contributed by atoms with Gasteiger partial charge in [0.1, 0.15) is 23.7 Å². The number of β-amino-alcohol motifs (C(OH)–C–C–N with tert-alkyl or cyclic N) is 1. The Kier molecular flexibility index (Phi) is 7.27. The molecule has 0 aromatic heterocycles. The number of benzene rings is 2. The maximum absolute atomic E-state index is 13.4. The number of piperidine rings is 1. The third kappa shape index (κ3) is 5.80. The summed E-state index contributed by atoms with van der Waals surface area (Å²) < 4.78 is 12.3. The molecule has 35 heavy (non-hydrogen) atoms. The second kappa shape index (κ2) is 10.6. The van der Waals surface area contributed by atoms with Crippen molar-refractivity contribution in [2.24, 2.45) is 0 Å². The molecule has 1 saturated heterocycles. The van der Waals surface area contributed by atoms with Gasteiger partial charge in [-0.3, -0.25) is 9.69 Å². The standard InChI is InChI=1S/C28H37N3O4/c1-20-16-31(19-23(32)18-30-14-9-21-5-3-4-6-22(21)17-30)28(33)26-8-7-25(15-27(26)34-20)35-24-10-12-29(2)13-11-24/h3-8,15,20,23-24,32H,9-14,16-19H2,1-2H3/t20-,23-/m1/s1.